The van der Waals surface area contributed by atoms with E-state index in [4.69, 9.17) is 4.52 Å². The van der Waals surface area contributed by atoms with Crippen molar-refractivity contribution < 1.29 is 9.32 Å². The molecule has 0 saturated heterocycles. The van der Waals surface area contributed by atoms with Crippen LogP contribution in [0.15, 0.2) is 29.0 Å². The van der Waals surface area contributed by atoms with Crippen molar-refractivity contribution in [1.29, 1.82) is 0 Å². The summed E-state index contributed by atoms with van der Waals surface area (Å²) in [6, 6.07) is 3.82. The molecule has 20 heavy (non-hydrogen) atoms. The molecule has 7 heteroatoms. The van der Waals surface area contributed by atoms with Crippen molar-refractivity contribution in [3.05, 3.63) is 30.2 Å². The molecule has 0 aromatic carbocycles. The van der Waals surface area contributed by atoms with E-state index in [9.17, 15) is 4.79 Å². The van der Waals surface area contributed by atoms with Crippen LogP contribution in [0.4, 0.5) is 5.88 Å². The number of nitrogens with one attached hydrogen (secondary N) is 2. The summed E-state index contributed by atoms with van der Waals surface area (Å²) in [7, 11) is 0. The largest absolute Gasteiger partial charge is 0.338 e. The Bertz CT molecular complexity index is 549. The first-order valence-electron chi connectivity index (χ1n) is 6.52. The third kappa shape index (κ3) is 3.67. The second-order valence-electron chi connectivity index (χ2n) is 4.78. The summed E-state index contributed by atoms with van der Waals surface area (Å²) in [5, 5.41) is 13.7. The zero-order valence-corrected chi connectivity index (χ0v) is 11.8. The van der Waals surface area contributed by atoms with Crippen LogP contribution in [0.25, 0.3) is 0 Å². The second-order valence-corrected chi connectivity index (χ2v) is 4.78. The Balaban J connectivity index is 1.78. The van der Waals surface area contributed by atoms with E-state index in [-0.39, 0.29) is 24.5 Å². The third-order valence-corrected chi connectivity index (χ3v) is 3.14. The molecule has 0 radical (unpaired) electrons. The number of aromatic nitrogens is 3. The molecule has 0 aliphatic rings. The zero-order valence-electron chi connectivity index (χ0n) is 11.8. The van der Waals surface area contributed by atoms with Gasteiger partial charge in [0.1, 0.15) is 0 Å². The molecule has 2 N–H and O–H groups in total. The van der Waals surface area contributed by atoms with Gasteiger partial charge in [-0.05, 0) is 26.8 Å². The van der Waals surface area contributed by atoms with Crippen molar-refractivity contribution in [2.75, 3.05) is 11.9 Å². The Hall–Kier alpha value is -2.15. The molecule has 2 heterocycles. The van der Waals surface area contributed by atoms with E-state index >= 15 is 0 Å². The Morgan fingerprint density at radius 3 is 2.90 bits per heavy atom. The highest BCUT2D eigenvalue weighted by Crippen LogP contribution is 2.09. The van der Waals surface area contributed by atoms with Crippen molar-refractivity contribution in [2.45, 2.75) is 32.9 Å². The second kappa shape index (κ2) is 6.33. The van der Waals surface area contributed by atoms with Crippen molar-refractivity contribution in [1.82, 2.24) is 20.3 Å². The molecular weight excluding hydrogens is 258 g/mol. The van der Waals surface area contributed by atoms with Crippen LogP contribution in [0.5, 0.6) is 0 Å². The van der Waals surface area contributed by atoms with Crippen LogP contribution in [0.3, 0.4) is 0 Å². The van der Waals surface area contributed by atoms with Crippen LogP contribution in [0, 0.1) is 6.92 Å². The molecule has 0 aliphatic carbocycles. The number of carbonyl (C=O) groups is 1. The molecular formula is C13H19N5O2. The van der Waals surface area contributed by atoms with Gasteiger partial charge in [-0.25, -0.2) is 0 Å². The molecule has 0 saturated carbocycles. The van der Waals surface area contributed by atoms with Gasteiger partial charge in [0.2, 0.25) is 11.8 Å². The maximum Gasteiger partial charge on any atom is 0.240 e. The van der Waals surface area contributed by atoms with E-state index in [2.05, 4.69) is 20.9 Å². The first kappa shape index (κ1) is 14.3. The van der Waals surface area contributed by atoms with Crippen LogP contribution >= 0.6 is 0 Å². The van der Waals surface area contributed by atoms with E-state index in [1.54, 1.807) is 19.2 Å². The molecule has 108 valence electrons. The maximum atomic E-state index is 11.8. The van der Waals surface area contributed by atoms with Gasteiger partial charge in [-0.2, -0.15) is 5.10 Å². The SMILES string of the molecule is Cc1cc(NC(=O)CNC(C)C(C)n2cccn2)on1. The summed E-state index contributed by atoms with van der Waals surface area (Å²) in [6.45, 7) is 6.05. The van der Waals surface area contributed by atoms with Gasteiger partial charge in [-0.15, -0.1) is 0 Å². The minimum absolute atomic E-state index is 0.108. The van der Waals surface area contributed by atoms with Gasteiger partial charge in [0.05, 0.1) is 18.3 Å². The van der Waals surface area contributed by atoms with Crippen LogP contribution in [0.2, 0.25) is 0 Å². The molecule has 7 nitrogen and oxygen atoms in total. The number of amides is 1. The maximum absolute atomic E-state index is 11.8. The summed E-state index contributed by atoms with van der Waals surface area (Å²) in [5.41, 5.74) is 0.730. The van der Waals surface area contributed by atoms with E-state index < -0.39 is 0 Å². The third-order valence-electron chi connectivity index (χ3n) is 3.14. The standard InChI is InChI=1S/C13H19N5O2/c1-9-7-13(20-17-9)16-12(19)8-14-10(2)11(3)18-6-4-5-15-18/h4-7,10-11,14H,8H2,1-3H3,(H,16,19). The Labute approximate surface area is 117 Å². The molecule has 2 atom stereocenters. The monoisotopic (exact) mass is 277 g/mol. The summed E-state index contributed by atoms with van der Waals surface area (Å²) in [5.74, 6) is 0.197. The Morgan fingerprint density at radius 1 is 1.50 bits per heavy atom. The molecule has 0 fully saturated rings. The Morgan fingerprint density at radius 2 is 2.30 bits per heavy atom. The average molecular weight is 277 g/mol. The van der Waals surface area contributed by atoms with E-state index in [1.165, 1.54) is 0 Å². The highest BCUT2D eigenvalue weighted by Gasteiger charge is 2.15. The minimum atomic E-state index is -0.166. The molecule has 0 aliphatic heterocycles. The predicted molar refractivity (Wildman–Crippen MR) is 74.3 cm³/mol. The summed E-state index contributed by atoms with van der Waals surface area (Å²) in [4.78, 5) is 11.8. The highest BCUT2D eigenvalue weighted by atomic mass is 16.5. The van der Waals surface area contributed by atoms with Gasteiger partial charge in [-0.1, -0.05) is 5.16 Å². The topological polar surface area (TPSA) is 85.0 Å². The quantitative estimate of drug-likeness (QED) is 0.832. The van der Waals surface area contributed by atoms with Gasteiger partial charge < -0.3 is 9.84 Å². The van der Waals surface area contributed by atoms with Crippen LogP contribution < -0.4 is 10.6 Å². The lowest BCUT2D eigenvalue weighted by atomic mass is 10.2. The van der Waals surface area contributed by atoms with Gasteiger partial charge in [0.25, 0.3) is 0 Å². The number of rotatable bonds is 6. The van der Waals surface area contributed by atoms with Gasteiger partial charge in [-0.3, -0.25) is 14.8 Å². The highest BCUT2D eigenvalue weighted by molar-refractivity contribution is 5.90. The van der Waals surface area contributed by atoms with Gasteiger partial charge >= 0.3 is 0 Å². The van der Waals surface area contributed by atoms with E-state index in [0.717, 1.165) is 5.69 Å². The number of hydrogen-bond acceptors (Lipinski definition) is 5. The fourth-order valence-corrected chi connectivity index (χ4v) is 1.78. The molecule has 0 spiro atoms. The summed E-state index contributed by atoms with van der Waals surface area (Å²) < 4.78 is 6.78. The summed E-state index contributed by atoms with van der Waals surface area (Å²) >= 11 is 0. The molecule has 1 amide bonds. The van der Waals surface area contributed by atoms with Crippen LogP contribution in [-0.4, -0.2) is 33.4 Å². The summed E-state index contributed by atoms with van der Waals surface area (Å²) in [6.07, 6.45) is 3.64. The van der Waals surface area contributed by atoms with Crippen molar-refractivity contribution in [3.8, 4) is 0 Å². The smallest absolute Gasteiger partial charge is 0.240 e. The first-order chi connectivity index (χ1) is 9.56. The van der Waals surface area contributed by atoms with Crippen molar-refractivity contribution in [2.24, 2.45) is 0 Å². The molecule has 0 bridgehead atoms. The Kier molecular flexibility index (Phi) is 4.52. The average Bonchev–Trinajstić information content (AvgIpc) is 3.07. The number of carbonyl (C=O) groups excluding carboxylic acids is 1. The van der Waals surface area contributed by atoms with E-state index in [0.29, 0.717) is 5.88 Å². The molecule has 2 aromatic rings. The van der Waals surface area contributed by atoms with Crippen molar-refractivity contribution >= 4 is 11.8 Å². The van der Waals surface area contributed by atoms with Crippen molar-refractivity contribution in [3.63, 3.8) is 0 Å². The number of hydrogen-bond donors (Lipinski definition) is 2. The number of anilines is 1. The minimum Gasteiger partial charge on any atom is -0.338 e. The predicted octanol–water partition coefficient (Wildman–Crippen LogP) is 1.36. The molecule has 2 rings (SSSR count). The van der Waals surface area contributed by atoms with Crippen LogP contribution in [0.1, 0.15) is 25.6 Å². The lowest BCUT2D eigenvalue weighted by molar-refractivity contribution is -0.115. The van der Waals surface area contributed by atoms with E-state index in [1.807, 2.05) is 30.8 Å². The zero-order chi connectivity index (χ0) is 14.5. The fourth-order valence-electron chi connectivity index (χ4n) is 1.78. The molecule has 2 unspecified atom stereocenters. The van der Waals surface area contributed by atoms with Crippen LogP contribution in [-0.2, 0) is 4.79 Å². The first-order valence-corrected chi connectivity index (χ1v) is 6.52. The number of aryl methyl sites for hydroxylation is 1. The lowest BCUT2D eigenvalue weighted by Crippen LogP contribution is -2.39. The number of nitrogens with zero attached hydrogens (tertiary/aromatic N) is 3. The van der Waals surface area contributed by atoms with Gasteiger partial charge in [0.15, 0.2) is 0 Å². The fraction of sp³-hybridized carbons (Fsp3) is 0.462. The normalized spacial score (nSPS) is 13.9. The van der Waals surface area contributed by atoms with Gasteiger partial charge in [0, 0.05) is 24.5 Å². The molecule has 2 aromatic heterocycles. The lowest BCUT2D eigenvalue weighted by Gasteiger charge is -2.21.